The lowest BCUT2D eigenvalue weighted by molar-refractivity contribution is -0.121. The van der Waals surface area contributed by atoms with E-state index in [-0.39, 0.29) is 18.0 Å². The third-order valence-electron chi connectivity index (χ3n) is 6.01. The number of carbonyl (C=O) groups excluding carboxylic acids is 1. The van der Waals surface area contributed by atoms with Crippen molar-refractivity contribution in [1.82, 2.24) is 24.8 Å². The van der Waals surface area contributed by atoms with Gasteiger partial charge in [-0.2, -0.15) is 0 Å². The van der Waals surface area contributed by atoms with Crippen LogP contribution in [-0.2, 0) is 24.3 Å². The van der Waals surface area contributed by atoms with E-state index in [9.17, 15) is 9.59 Å². The molecule has 5 rings (SSSR count). The zero-order valence-electron chi connectivity index (χ0n) is 20.1. The van der Waals surface area contributed by atoms with Gasteiger partial charge in [0.05, 0.1) is 17.2 Å². The van der Waals surface area contributed by atoms with E-state index in [1.807, 2.05) is 78.9 Å². The second-order valence-electron chi connectivity index (χ2n) is 8.67. The number of hydrogen-bond donors (Lipinski definition) is 4. The second kappa shape index (κ2) is 10.8. The van der Waals surface area contributed by atoms with E-state index in [1.54, 1.807) is 0 Å². The van der Waals surface area contributed by atoms with Crippen LogP contribution in [0.15, 0.2) is 89.9 Å². The molecule has 0 unspecified atom stereocenters. The Morgan fingerprint density at radius 1 is 0.973 bits per heavy atom. The molecule has 3 aromatic carbocycles. The first-order valence-corrected chi connectivity index (χ1v) is 12.0. The topological polar surface area (TPSA) is 131 Å². The number of nitrogen functional groups attached to an aromatic ring is 1. The molecular weight excluding hydrogens is 466 g/mol. The number of rotatable bonds is 9. The molecule has 0 fully saturated rings. The first-order valence-electron chi connectivity index (χ1n) is 12.0. The third-order valence-corrected chi connectivity index (χ3v) is 6.01. The number of anilines is 2. The molecule has 0 aliphatic carbocycles. The number of nitrogens with one attached hydrogen (secondary N) is 3. The Labute approximate surface area is 213 Å². The van der Waals surface area contributed by atoms with E-state index in [4.69, 9.17) is 5.73 Å². The molecule has 37 heavy (non-hydrogen) atoms. The lowest BCUT2D eigenvalue weighted by Crippen LogP contribution is -2.34. The normalized spacial score (nSPS) is 10.9. The highest BCUT2D eigenvalue weighted by Crippen LogP contribution is 2.17. The first-order chi connectivity index (χ1) is 18.1. The van der Waals surface area contributed by atoms with Gasteiger partial charge in [-0.05, 0) is 29.7 Å². The number of aromatic amines is 1. The van der Waals surface area contributed by atoms with E-state index in [1.165, 1.54) is 16.3 Å². The summed E-state index contributed by atoms with van der Waals surface area (Å²) in [6.45, 7) is 0.702. The maximum absolute atomic E-state index is 13.4. The van der Waals surface area contributed by atoms with Crippen LogP contribution in [-0.4, -0.2) is 32.0 Å². The summed E-state index contributed by atoms with van der Waals surface area (Å²) >= 11 is 0. The Morgan fingerprint density at radius 2 is 1.73 bits per heavy atom. The first kappa shape index (κ1) is 23.8. The molecule has 5 aromatic rings. The molecule has 0 saturated heterocycles. The predicted molar refractivity (Wildman–Crippen MR) is 145 cm³/mol. The van der Waals surface area contributed by atoms with Crippen molar-refractivity contribution in [2.75, 3.05) is 17.6 Å². The molecule has 0 saturated carbocycles. The largest absolute Gasteiger partial charge is 0.379 e. The number of H-pyrrole nitrogens is 1. The van der Waals surface area contributed by atoms with Crippen molar-refractivity contribution >= 4 is 28.6 Å². The molecule has 2 heterocycles. The quantitative estimate of drug-likeness (QED) is 0.249. The second-order valence-corrected chi connectivity index (χ2v) is 8.67. The average Bonchev–Trinajstić information content (AvgIpc) is 3.30. The molecule has 2 aromatic heterocycles. The third kappa shape index (κ3) is 5.67. The molecule has 1 amide bonds. The molecule has 9 heteroatoms. The van der Waals surface area contributed by atoms with Crippen molar-refractivity contribution in [3.05, 3.63) is 107 Å². The van der Waals surface area contributed by atoms with Gasteiger partial charge < -0.3 is 21.4 Å². The number of amides is 1. The average molecular weight is 494 g/mol. The van der Waals surface area contributed by atoms with Crippen LogP contribution in [0, 0.1) is 0 Å². The molecule has 0 aliphatic rings. The lowest BCUT2D eigenvalue weighted by Gasteiger charge is -2.15. The number of imidazole rings is 1. The number of fused-ring (bicyclic) bond motifs is 1. The molecule has 0 atom stereocenters. The summed E-state index contributed by atoms with van der Waals surface area (Å²) in [5.74, 6) is 0.476. The highest BCUT2D eigenvalue weighted by atomic mass is 16.2. The molecule has 0 bridgehead atoms. The van der Waals surface area contributed by atoms with Crippen molar-refractivity contribution in [1.29, 1.82) is 0 Å². The zero-order chi connectivity index (χ0) is 25.6. The Morgan fingerprint density at radius 3 is 2.51 bits per heavy atom. The van der Waals surface area contributed by atoms with Crippen LogP contribution in [0.25, 0.3) is 22.4 Å². The fourth-order valence-corrected chi connectivity index (χ4v) is 4.15. The standard InChI is InChI=1S/C28H27N7O2/c29-28-33-22-12-11-20(15-23(22)34-28)16-31-25(36)18-35-26(21-9-5-2-6-10-21)32-17-24(27(35)37)30-14-13-19-7-3-1-4-8-19/h1-12,15,17,30H,13-14,16,18H2,(H,31,36)(H3,29,33,34). The van der Waals surface area contributed by atoms with Gasteiger partial charge in [0, 0.05) is 18.7 Å². The van der Waals surface area contributed by atoms with Crippen molar-refractivity contribution in [2.24, 2.45) is 0 Å². The van der Waals surface area contributed by atoms with Crippen molar-refractivity contribution in [3.8, 4) is 11.4 Å². The molecule has 0 aliphatic heterocycles. The highest BCUT2D eigenvalue weighted by molar-refractivity contribution is 5.79. The van der Waals surface area contributed by atoms with E-state index >= 15 is 0 Å². The van der Waals surface area contributed by atoms with Gasteiger partial charge in [-0.15, -0.1) is 0 Å². The summed E-state index contributed by atoms with van der Waals surface area (Å²) in [4.78, 5) is 38.1. The Balaban J connectivity index is 1.33. The number of aromatic nitrogens is 4. The van der Waals surface area contributed by atoms with Gasteiger partial charge >= 0.3 is 0 Å². The fraction of sp³-hybridized carbons (Fsp3) is 0.143. The summed E-state index contributed by atoms with van der Waals surface area (Å²) in [6, 6.07) is 25.0. The predicted octanol–water partition coefficient (Wildman–Crippen LogP) is 3.34. The fourth-order valence-electron chi connectivity index (χ4n) is 4.15. The molecule has 0 radical (unpaired) electrons. The smallest absolute Gasteiger partial charge is 0.277 e. The number of carbonyl (C=O) groups is 1. The molecule has 186 valence electrons. The summed E-state index contributed by atoms with van der Waals surface area (Å²) < 4.78 is 1.41. The summed E-state index contributed by atoms with van der Waals surface area (Å²) in [5, 5.41) is 6.08. The zero-order valence-corrected chi connectivity index (χ0v) is 20.1. The van der Waals surface area contributed by atoms with Crippen LogP contribution in [0.2, 0.25) is 0 Å². The van der Waals surface area contributed by atoms with Crippen LogP contribution in [0.1, 0.15) is 11.1 Å². The van der Waals surface area contributed by atoms with Gasteiger partial charge in [0.2, 0.25) is 5.91 Å². The maximum atomic E-state index is 13.4. The molecular formula is C28H27N7O2. The monoisotopic (exact) mass is 493 g/mol. The molecule has 9 nitrogen and oxygen atoms in total. The van der Waals surface area contributed by atoms with Crippen molar-refractivity contribution < 1.29 is 4.79 Å². The van der Waals surface area contributed by atoms with Gasteiger partial charge in [0.25, 0.3) is 5.56 Å². The number of nitrogens with zero attached hydrogens (tertiary/aromatic N) is 3. The number of benzene rings is 3. The van der Waals surface area contributed by atoms with Gasteiger partial charge in [-0.25, -0.2) is 9.97 Å². The molecule has 5 N–H and O–H groups in total. The van der Waals surface area contributed by atoms with Gasteiger partial charge in [0.1, 0.15) is 18.1 Å². The minimum absolute atomic E-state index is 0.163. The minimum atomic E-state index is -0.300. The highest BCUT2D eigenvalue weighted by Gasteiger charge is 2.15. The lowest BCUT2D eigenvalue weighted by atomic mass is 10.1. The van der Waals surface area contributed by atoms with Gasteiger partial charge in [-0.3, -0.25) is 14.2 Å². The minimum Gasteiger partial charge on any atom is -0.379 e. The van der Waals surface area contributed by atoms with Crippen LogP contribution in [0.3, 0.4) is 0 Å². The number of hydrogen-bond acceptors (Lipinski definition) is 6. The van der Waals surface area contributed by atoms with Crippen molar-refractivity contribution in [2.45, 2.75) is 19.5 Å². The van der Waals surface area contributed by atoms with Crippen molar-refractivity contribution in [3.63, 3.8) is 0 Å². The van der Waals surface area contributed by atoms with E-state index in [2.05, 4.69) is 25.6 Å². The van der Waals surface area contributed by atoms with E-state index < -0.39 is 0 Å². The van der Waals surface area contributed by atoms with E-state index in [0.717, 1.165) is 28.6 Å². The van der Waals surface area contributed by atoms with E-state index in [0.29, 0.717) is 30.5 Å². The Kier molecular flexibility index (Phi) is 6.93. The maximum Gasteiger partial charge on any atom is 0.277 e. The Bertz CT molecular complexity index is 1580. The van der Waals surface area contributed by atoms with Crippen LogP contribution < -0.4 is 21.9 Å². The SMILES string of the molecule is Nc1nc2ccc(CNC(=O)Cn3c(-c4ccccc4)ncc(NCCc4ccccc4)c3=O)cc2[nH]1. The van der Waals surface area contributed by atoms with Crippen LogP contribution in [0.4, 0.5) is 11.6 Å². The summed E-state index contributed by atoms with van der Waals surface area (Å²) in [5.41, 5.74) is 10.1. The van der Waals surface area contributed by atoms with Crippen LogP contribution >= 0.6 is 0 Å². The number of nitrogens with two attached hydrogens (primary N) is 1. The summed E-state index contributed by atoms with van der Waals surface area (Å²) in [6.07, 6.45) is 2.29. The summed E-state index contributed by atoms with van der Waals surface area (Å²) in [7, 11) is 0. The van der Waals surface area contributed by atoms with Gasteiger partial charge in [0.15, 0.2) is 5.95 Å². The Hall–Kier alpha value is -4.92. The molecule has 0 spiro atoms. The van der Waals surface area contributed by atoms with Crippen LogP contribution in [0.5, 0.6) is 0 Å². The van der Waals surface area contributed by atoms with Gasteiger partial charge in [-0.1, -0.05) is 66.7 Å².